The maximum atomic E-state index is 13.5. The lowest BCUT2D eigenvalue weighted by Crippen LogP contribution is -2.62. The highest BCUT2D eigenvalue weighted by Crippen LogP contribution is 2.37. The molecule has 0 heterocycles. The molecule has 1 aliphatic rings. The molecule has 0 aromatic heterocycles. The molecule has 1 saturated carbocycles. The lowest BCUT2D eigenvalue weighted by Gasteiger charge is -2.41. The van der Waals surface area contributed by atoms with E-state index in [2.05, 4.69) is 20.7 Å². The summed E-state index contributed by atoms with van der Waals surface area (Å²) >= 11 is 12.1. The summed E-state index contributed by atoms with van der Waals surface area (Å²) in [5.41, 5.74) is -1.83. The fourth-order valence-electron chi connectivity index (χ4n) is 4.96. The van der Waals surface area contributed by atoms with Gasteiger partial charge in [-0.25, -0.2) is 4.79 Å². The van der Waals surface area contributed by atoms with Crippen molar-refractivity contribution in [3.05, 3.63) is 64.1 Å². The number of benzene rings is 3. The van der Waals surface area contributed by atoms with Crippen LogP contribution in [-0.2, 0) is 4.79 Å². The number of hydrogen-bond acceptors (Lipinski definition) is 5. The number of urea groups is 1. The highest BCUT2D eigenvalue weighted by atomic mass is 35.5. The van der Waals surface area contributed by atoms with E-state index in [1.54, 1.807) is 24.3 Å². The molecular weight excluding hydrogens is 586 g/mol. The zero-order valence-electron chi connectivity index (χ0n) is 21.7. The number of rotatable bonds is 7. The van der Waals surface area contributed by atoms with Crippen molar-refractivity contribution in [2.45, 2.75) is 50.9 Å². The molecule has 3 aromatic carbocycles. The van der Waals surface area contributed by atoms with E-state index in [0.29, 0.717) is 23.6 Å². The summed E-state index contributed by atoms with van der Waals surface area (Å²) in [6.45, 7) is 1.42. The number of aliphatic carboxylic acids is 1. The molecule has 218 valence electrons. The molecule has 13 heteroatoms. The number of halogens is 5. The zero-order valence-corrected chi connectivity index (χ0v) is 23.2. The van der Waals surface area contributed by atoms with Gasteiger partial charge in [0.25, 0.3) is 5.91 Å². The third-order valence-electron chi connectivity index (χ3n) is 7.09. The third-order valence-corrected chi connectivity index (χ3v) is 7.68. The lowest BCUT2D eigenvalue weighted by molar-refractivity contribution is -0.315. The van der Waals surface area contributed by atoms with Gasteiger partial charge in [0, 0.05) is 12.1 Å². The maximum absolute atomic E-state index is 13.5. The Hall–Kier alpha value is -3.70. The number of anilines is 2. The van der Waals surface area contributed by atoms with Crippen molar-refractivity contribution < 1.29 is 37.4 Å². The van der Waals surface area contributed by atoms with Crippen molar-refractivity contribution in [2.75, 3.05) is 10.6 Å². The molecule has 1 fully saturated rings. The molecule has 0 spiro atoms. The van der Waals surface area contributed by atoms with Gasteiger partial charge in [0.15, 0.2) is 0 Å². The van der Waals surface area contributed by atoms with E-state index in [1.807, 2.05) is 0 Å². The molecule has 4 rings (SSSR count). The molecule has 0 saturated heterocycles. The Morgan fingerprint density at radius 2 is 1.51 bits per heavy atom. The average Bonchev–Trinajstić information content (AvgIpc) is 2.89. The van der Waals surface area contributed by atoms with E-state index in [0.717, 1.165) is 31.4 Å². The molecule has 3 N–H and O–H groups in total. The van der Waals surface area contributed by atoms with Gasteiger partial charge in [0.05, 0.1) is 38.5 Å². The minimum absolute atomic E-state index is 0.0201. The van der Waals surface area contributed by atoms with Crippen LogP contribution >= 0.6 is 23.2 Å². The van der Waals surface area contributed by atoms with Crippen LogP contribution in [0.15, 0.2) is 48.5 Å². The molecule has 0 bridgehead atoms. The van der Waals surface area contributed by atoms with Crippen molar-refractivity contribution in [3.63, 3.8) is 0 Å². The second kappa shape index (κ2) is 12.0. The number of carbonyl (C=O) groups excluding carboxylic acids is 3. The van der Waals surface area contributed by atoms with E-state index < -0.39 is 35.6 Å². The van der Waals surface area contributed by atoms with Gasteiger partial charge in [0.1, 0.15) is 5.75 Å². The molecule has 0 aliphatic heterocycles. The van der Waals surface area contributed by atoms with Crippen LogP contribution in [0, 0.1) is 5.92 Å². The van der Waals surface area contributed by atoms with Crippen LogP contribution in [0.4, 0.5) is 29.3 Å². The van der Waals surface area contributed by atoms with E-state index in [9.17, 15) is 32.7 Å². The van der Waals surface area contributed by atoms with Crippen LogP contribution in [0.5, 0.6) is 5.75 Å². The summed E-state index contributed by atoms with van der Waals surface area (Å²) in [6.07, 6.45) is -1.10. The molecule has 0 radical (unpaired) electrons. The standard InChI is InChI=1S/C28H26Cl2F3N3O5/c1-27(25(38)39,17-9-3-2-4-10-17)36-24(37)19-11-15-7-5-6-8-16(15)12-22(19)34-26(40)35-23-20(29)13-18(14-21(23)30)41-28(31,32)33/h5-8,11-14,17H,2-4,9-10H2,1H3,(H,36,37)(H,38,39)(H2,34,35,40)/p-1/t27-/m0/s1. The highest BCUT2D eigenvalue weighted by molar-refractivity contribution is 6.40. The van der Waals surface area contributed by atoms with Gasteiger partial charge in [-0.05, 0) is 48.6 Å². The number of carbonyl (C=O) groups is 3. The van der Waals surface area contributed by atoms with Crippen molar-refractivity contribution in [1.82, 2.24) is 5.32 Å². The van der Waals surface area contributed by atoms with Crippen molar-refractivity contribution in [3.8, 4) is 5.75 Å². The van der Waals surface area contributed by atoms with Crippen molar-refractivity contribution in [2.24, 2.45) is 5.92 Å². The summed E-state index contributed by atoms with van der Waals surface area (Å²) in [5.74, 6) is -3.17. The van der Waals surface area contributed by atoms with Gasteiger partial charge in [-0.3, -0.25) is 4.79 Å². The molecule has 8 nitrogen and oxygen atoms in total. The van der Waals surface area contributed by atoms with Gasteiger partial charge in [-0.15, -0.1) is 13.2 Å². The van der Waals surface area contributed by atoms with Gasteiger partial charge in [0.2, 0.25) is 0 Å². The van der Waals surface area contributed by atoms with E-state index >= 15 is 0 Å². The Kier molecular flexibility index (Phi) is 8.89. The molecular formula is C28H25Cl2F3N3O5-. The second-order valence-corrected chi connectivity index (χ2v) is 10.7. The molecule has 3 amide bonds. The Balaban J connectivity index is 1.62. The van der Waals surface area contributed by atoms with Gasteiger partial charge in [-0.2, -0.15) is 0 Å². The smallest absolute Gasteiger partial charge is 0.548 e. The summed E-state index contributed by atoms with van der Waals surface area (Å²) in [5, 5.41) is 20.4. The van der Waals surface area contributed by atoms with E-state index in [1.165, 1.54) is 19.1 Å². The fourth-order valence-corrected chi connectivity index (χ4v) is 5.52. The number of ether oxygens (including phenoxy) is 1. The number of carboxylic acids is 1. The number of fused-ring (bicyclic) bond motifs is 1. The average molecular weight is 611 g/mol. The Labute approximate surface area is 243 Å². The first-order chi connectivity index (χ1) is 19.3. The first kappa shape index (κ1) is 30.3. The highest BCUT2D eigenvalue weighted by Gasteiger charge is 2.38. The normalized spacial score (nSPS) is 15.6. The predicted molar refractivity (Wildman–Crippen MR) is 147 cm³/mol. The number of nitrogens with one attached hydrogen (secondary N) is 3. The summed E-state index contributed by atoms with van der Waals surface area (Å²) < 4.78 is 41.5. The van der Waals surface area contributed by atoms with Gasteiger partial charge >= 0.3 is 12.4 Å². The molecule has 0 unspecified atom stereocenters. The predicted octanol–water partition coefficient (Wildman–Crippen LogP) is 6.51. The number of alkyl halides is 3. The summed E-state index contributed by atoms with van der Waals surface area (Å²) in [7, 11) is 0. The van der Waals surface area contributed by atoms with Crippen molar-refractivity contribution in [1.29, 1.82) is 0 Å². The van der Waals surface area contributed by atoms with Crippen LogP contribution in [0.2, 0.25) is 10.0 Å². The van der Waals surface area contributed by atoms with E-state index in [4.69, 9.17) is 23.2 Å². The first-order valence-corrected chi connectivity index (χ1v) is 13.4. The number of hydrogen-bond donors (Lipinski definition) is 3. The Morgan fingerprint density at radius 3 is 2.07 bits per heavy atom. The minimum atomic E-state index is -4.98. The van der Waals surface area contributed by atoms with Crippen LogP contribution in [-0.4, -0.2) is 29.8 Å². The molecule has 1 aliphatic carbocycles. The van der Waals surface area contributed by atoms with E-state index in [-0.39, 0.29) is 32.9 Å². The van der Waals surface area contributed by atoms with Gasteiger partial charge < -0.3 is 30.6 Å². The Morgan fingerprint density at radius 1 is 0.927 bits per heavy atom. The van der Waals surface area contributed by atoms with Crippen LogP contribution in [0.3, 0.4) is 0 Å². The van der Waals surface area contributed by atoms with Gasteiger partial charge in [-0.1, -0.05) is 66.7 Å². The van der Waals surface area contributed by atoms with Crippen LogP contribution < -0.4 is 25.8 Å². The monoisotopic (exact) mass is 610 g/mol. The number of carboxylic acid groups (broad SMARTS) is 1. The third kappa shape index (κ3) is 7.15. The quantitative estimate of drug-likeness (QED) is 0.282. The van der Waals surface area contributed by atoms with Crippen LogP contribution in [0.1, 0.15) is 49.4 Å². The lowest BCUT2D eigenvalue weighted by atomic mass is 9.75. The minimum Gasteiger partial charge on any atom is -0.548 e. The zero-order chi connectivity index (χ0) is 29.9. The Bertz CT molecular complexity index is 1470. The molecule has 3 aromatic rings. The molecule has 41 heavy (non-hydrogen) atoms. The fraction of sp³-hybridized carbons (Fsp3) is 0.321. The first-order valence-electron chi connectivity index (χ1n) is 12.7. The number of amides is 3. The summed E-state index contributed by atoms with van der Waals surface area (Å²) in [6, 6.07) is 10.8. The SMILES string of the molecule is C[C@@](NC(=O)c1cc2ccccc2cc1NC(=O)Nc1c(Cl)cc(OC(F)(F)F)cc1Cl)(C(=O)[O-])C1CCCCC1. The van der Waals surface area contributed by atoms with Crippen molar-refractivity contribution >= 4 is 63.3 Å². The largest absolute Gasteiger partial charge is 0.573 e. The summed E-state index contributed by atoms with van der Waals surface area (Å²) in [4.78, 5) is 38.7. The maximum Gasteiger partial charge on any atom is 0.573 e. The topological polar surface area (TPSA) is 120 Å². The second-order valence-electron chi connectivity index (χ2n) is 9.91. The molecule has 1 atom stereocenters. The van der Waals surface area contributed by atoms with Crippen LogP contribution in [0.25, 0.3) is 10.8 Å².